The number of carbonyl (C=O) groups excluding carboxylic acids is 2. The summed E-state index contributed by atoms with van der Waals surface area (Å²) in [5.41, 5.74) is -1.38. The van der Waals surface area contributed by atoms with Gasteiger partial charge in [-0.1, -0.05) is 12.1 Å². The van der Waals surface area contributed by atoms with E-state index in [2.05, 4.69) is 15.6 Å². The zero-order valence-electron chi connectivity index (χ0n) is 20.3. The number of nitrogens with zero attached hydrogens (tertiary/aromatic N) is 2. The molecule has 2 unspecified atom stereocenters. The number of nitrogens with one attached hydrogen (secondary N) is 3. The zero-order valence-corrected chi connectivity index (χ0v) is 22.1. The van der Waals surface area contributed by atoms with Crippen molar-refractivity contribution in [1.82, 2.24) is 20.2 Å². The lowest BCUT2D eigenvalue weighted by molar-refractivity contribution is -0.384. The summed E-state index contributed by atoms with van der Waals surface area (Å²) in [6, 6.07) is 5.90. The first-order valence-electron chi connectivity index (χ1n) is 11.1. The Morgan fingerprint density at radius 3 is 2.36 bits per heavy atom. The minimum atomic E-state index is -5.20. The molecule has 1 aliphatic rings. The Hall–Kier alpha value is -3.84. The van der Waals surface area contributed by atoms with Gasteiger partial charge in [0.05, 0.1) is 22.5 Å². The van der Waals surface area contributed by atoms with Gasteiger partial charge in [0.1, 0.15) is 16.5 Å². The normalized spacial score (nSPS) is 19.1. The molecule has 2 aromatic heterocycles. The highest BCUT2D eigenvalue weighted by Gasteiger charge is 2.54. The van der Waals surface area contributed by atoms with Gasteiger partial charge in [-0.05, 0) is 36.8 Å². The topological polar surface area (TPSA) is 237 Å². The van der Waals surface area contributed by atoms with E-state index in [4.69, 9.17) is 0 Å². The van der Waals surface area contributed by atoms with Crippen LogP contribution in [0.3, 0.4) is 0 Å². The third-order valence-electron chi connectivity index (χ3n) is 6.53. The molecule has 2 amide bonds. The molecule has 3 aromatic rings. The quantitative estimate of drug-likeness (QED) is 0.119. The first kappa shape index (κ1) is 28.2. The Kier molecular flexibility index (Phi) is 7.02. The van der Waals surface area contributed by atoms with Gasteiger partial charge >= 0.3 is 15.2 Å². The van der Waals surface area contributed by atoms with E-state index in [1.54, 1.807) is 0 Å². The fraction of sp³-hybridized carbons (Fsp3) is 0.182. The fourth-order valence-electron chi connectivity index (χ4n) is 4.44. The van der Waals surface area contributed by atoms with Gasteiger partial charge in [-0.15, -0.1) is 0 Å². The fourth-order valence-corrected chi connectivity index (χ4v) is 6.26. The third kappa shape index (κ3) is 4.99. The van der Waals surface area contributed by atoms with Crippen LogP contribution in [-0.2, 0) is 21.3 Å². The van der Waals surface area contributed by atoms with E-state index in [9.17, 15) is 48.4 Å². The number of aromatic nitrogens is 2. The summed E-state index contributed by atoms with van der Waals surface area (Å²) < 4.78 is 26.5. The van der Waals surface area contributed by atoms with Crippen molar-refractivity contribution in [3.05, 3.63) is 87.5 Å². The first-order valence-corrected chi connectivity index (χ1v) is 14.3. The van der Waals surface area contributed by atoms with E-state index >= 15 is 0 Å². The molecular weight excluding hydrogens is 556 g/mol. The molecule has 0 saturated heterocycles. The van der Waals surface area contributed by atoms with Crippen molar-refractivity contribution in [2.45, 2.75) is 18.1 Å². The minimum Gasteiger partial charge on any atom is -0.357 e. The third-order valence-corrected chi connectivity index (χ3v) is 9.26. The van der Waals surface area contributed by atoms with Crippen molar-refractivity contribution in [1.29, 1.82) is 0 Å². The number of hydrogen-bond donors (Lipinski definition) is 7. The maximum atomic E-state index is 13.2. The molecule has 0 fully saturated rings. The van der Waals surface area contributed by atoms with Crippen molar-refractivity contribution in [3.8, 4) is 0 Å². The second-order valence-electron chi connectivity index (χ2n) is 8.96. The highest BCUT2D eigenvalue weighted by atomic mass is 31.2. The molecular formula is C22H23N5O10P2. The van der Waals surface area contributed by atoms with Gasteiger partial charge in [0, 0.05) is 30.6 Å². The summed E-state index contributed by atoms with van der Waals surface area (Å²) in [6.07, 6.45) is 3.63. The van der Waals surface area contributed by atoms with Crippen molar-refractivity contribution in [2.75, 3.05) is 0 Å². The summed E-state index contributed by atoms with van der Waals surface area (Å²) in [5.74, 6) is -1.67. The van der Waals surface area contributed by atoms with Crippen LogP contribution in [0.1, 0.15) is 39.0 Å². The van der Waals surface area contributed by atoms with Crippen LogP contribution in [0.15, 0.2) is 54.9 Å². The van der Waals surface area contributed by atoms with E-state index in [0.717, 1.165) is 35.9 Å². The number of rotatable bonds is 7. The number of nitro groups is 1. The maximum Gasteiger partial charge on any atom is 0.356 e. The Morgan fingerprint density at radius 2 is 1.82 bits per heavy atom. The van der Waals surface area contributed by atoms with Gasteiger partial charge in [0.25, 0.3) is 17.5 Å². The van der Waals surface area contributed by atoms with E-state index in [0.29, 0.717) is 0 Å². The lowest BCUT2D eigenvalue weighted by Gasteiger charge is -2.42. The van der Waals surface area contributed by atoms with Gasteiger partial charge in [-0.25, -0.2) is 0 Å². The van der Waals surface area contributed by atoms with Gasteiger partial charge in [0.2, 0.25) is 0 Å². The number of aryl methyl sites for hydroxylation is 1. The number of H-pyrrole nitrogens is 1. The first-order chi connectivity index (χ1) is 18.1. The second kappa shape index (κ2) is 9.72. The van der Waals surface area contributed by atoms with Crippen LogP contribution in [0.2, 0.25) is 0 Å². The minimum absolute atomic E-state index is 0.0629. The summed E-state index contributed by atoms with van der Waals surface area (Å²) in [5, 5.41) is 13.3. The Bertz CT molecular complexity index is 1620. The maximum absolute atomic E-state index is 13.2. The molecule has 4 rings (SSSR count). The van der Waals surface area contributed by atoms with Crippen LogP contribution in [0, 0.1) is 10.1 Å². The van der Waals surface area contributed by atoms with Gasteiger partial charge in [-0.3, -0.25) is 28.8 Å². The molecule has 0 bridgehead atoms. The predicted molar refractivity (Wildman–Crippen MR) is 137 cm³/mol. The molecule has 7 N–H and O–H groups in total. The van der Waals surface area contributed by atoms with Gasteiger partial charge < -0.3 is 39.8 Å². The van der Waals surface area contributed by atoms with Crippen LogP contribution >= 0.6 is 15.2 Å². The lowest BCUT2D eigenvalue weighted by atomic mass is 9.81. The molecule has 1 aromatic carbocycles. The molecule has 17 heteroatoms. The second-order valence-corrected chi connectivity index (χ2v) is 12.5. The van der Waals surface area contributed by atoms with Crippen LogP contribution in [0.25, 0.3) is 5.70 Å². The molecule has 2 heterocycles. The highest BCUT2D eigenvalue weighted by Crippen LogP contribution is 2.62. The summed E-state index contributed by atoms with van der Waals surface area (Å²) in [4.78, 5) is 80.2. The van der Waals surface area contributed by atoms with Crippen molar-refractivity contribution < 1.29 is 43.2 Å². The van der Waals surface area contributed by atoms with E-state index < -0.39 is 48.4 Å². The van der Waals surface area contributed by atoms with Crippen molar-refractivity contribution >= 4 is 43.7 Å². The number of aromatic amines is 1. The van der Waals surface area contributed by atoms with Crippen LogP contribution in [0.5, 0.6) is 0 Å². The van der Waals surface area contributed by atoms with Crippen LogP contribution in [0.4, 0.5) is 5.69 Å². The van der Waals surface area contributed by atoms with E-state index in [1.165, 1.54) is 37.5 Å². The Labute approximate surface area is 220 Å². The molecule has 2 atom stereocenters. The monoisotopic (exact) mass is 579 g/mol. The number of carbonyl (C=O) groups is 2. The van der Waals surface area contributed by atoms with Gasteiger partial charge in [0.15, 0.2) is 0 Å². The highest BCUT2D eigenvalue weighted by molar-refractivity contribution is 7.60. The largest absolute Gasteiger partial charge is 0.357 e. The van der Waals surface area contributed by atoms with Gasteiger partial charge in [-0.2, -0.15) is 0 Å². The summed E-state index contributed by atoms with van der Waals surface area (Å²) >= 11 is 0. The number of amides is 2. The van der Waals surface area contributed by atoms with E-state index in [-0.39, 0.29) is 33.9 Å². The average Bonchev–Trinajstić information content (AvgIpc) is 3.50. The lowest BCUT2D eigenvalue weighted by Crippen LogP contribution is -2.51. The smallest absolute Gasteiger partial charge is 0.356 e. The standard InChI is InChI=1S/C22H23N5O10P2/c1-22(39(35,36)37)13-5-3-7-17(38(32,33)34)19(13)15(10-18(22)25-20(28)14-6-4-8-23-14)24-21(29)16-9-12(27(30)31)11-26(16)2/h3-11,18,23H,1-2H3,(H,24,29)(H,25,28)(H2,32,33,34)(H2,35,36,37). The number of fused-ring (bicyclic) bond motifs is 1. The zero-order chi connectivity index (χ0) is 28.9. The average molecular weight is 579 g/mol. The molecule has 206 valence electrons. The number of hydrogen-bond acceptors (Lipinski definition) is 6. The Balaban J connectivity index is 1.92. The molecule has 0 saturated carbocycles. The molecule has 0 radical (unpaired) electrons. The van der Waals surface area contributed by atoms with Crippen molar-refractivity contribution in [2.24, 2.45) is 7.05 Å². The SMILES string of the molecule is Cn1cc([N+](=O)[O-])cc1C(=O)NC1=CC(NC(=O)c2ccc[nH]2)C(C)(P(=O)(O)O)c2cccc(P(=O)(O)O)c21. The summed E-state index contributed by atoms with van der Waals surface area (Å²) in [7, 11) is -8.90. The summed E-state index contributed by atoms with van der Waals surface area (Å²) in [6.45, 7) is 1.13. The molecule has 15 nitrogen and oxygen atoms in total. The van der Waals surface area contributed by atoms with Crippen molar-refractivity contribution in [3.63, 3.8) is 0 Å². The molecule has 39 heavy (non-hydrogen) atoms. The van der Waals surface area contributed by atoms with Crippen LogP contribution < -0.4 is 15.9 Å². The molecule has 1 aliphatic carbocycles. The molecule has 0 aliphatic heterocycles. The number of benzene rings is 1. The molecule has 0 spiro atoms. The van der Waals surface area contributed by atoms with E-state index in [1.807, 2.05) is 0 Å². The van der Waals surface area contributed by atoms with Crippen LogP contribution in [-0.4, -0.2) is 51.9 Å². The Morgan fingerprint density at radius 1 is 1.13 bits per heavy atom. The predicted octanol–water partition coefficient (Wildman–Crippen LogP) is 1.04.